The van der Waals surface area contributed by atoms with Crippen molar-refractivity contribution in [3.63, 3.8) is 0 Å². The monoisotopic (exact) mass is 543 g/mol. The largest absolute Gasteiger partial charge is 0.437 e. The molecule has 204 valence electrons. The lowest BCUT2D eigenvalue weighted by molar-refractivity contribution is -0.385. The molecule has 0 aliphatic rings. The number of non-ortho nitro benzene ring substituents is 1. The maximum Gasteiger partial charge on any atom is 0.272 e. The molecule has 1 amide bonds. The molecule has 0 saturated carbocycles. The molecule has 0 spiro atoms. The molecule has 3 aromatic rings. The minimum atomic E-state index is -4.19. The number of ether oxygens (including phenoxy) is 1. The van der Waals surface area contributed by atoms with Crippen molar-refractivity contribution in [2.75, 3.05) is 0 Å². The molecule has 2 aromatic carbocycles. The molecule has 0 aliphatic heterocycles. The van der Waals surface area contributed by atoms with E-state index in [-0.39, 0.29) is 23.4 Å². The number of nitro benzene ring substituents is 1. The van der Waals surface area contributed by atoms with Gasteiger partial charge in [0, 0.05) is 29.8 Å². The number of rotatable bonds is 10. The van der Waals surface area contributed by atoms with E-state index in [0.29, 0.717) is 11.3 Å². The van der Waals surface area contributed by atoms with Crippen LogP contribution in [0.5, 0.6) is 11.6 Å². The zero-order chi connectivity index (χ0) is 28.4. The van der Waals surface area contributed by atoms with Crippen molar-refractivity contribution in [3.05, 3.63) is 68.9 Å². The Bertz CT molecular complexity index is 1480. The van der Waals surface area contributed by atoms with Gasteiger partial charge in [0.25, 0.3) is 11.6 Å². The highest BCUT2D eigenvalue weighted by Crippen LogP contribution is 2.36. The number of nitrogens with one attached hydrogen (secondary N) is 2. The molecular formula is C26H33N5O6S. The minimum absolute atomic E-state index is 0.0920. The number of amides is 1. The normalized spacial score (nSPS) is 12.4. The summed E-state index contributed by atoms with van der Waals surface area (Å²) >= 11 is 0. The van der Waals surface area contributed by atoms with E-state index in [9.17, 15) is 23.3 Å². The van der Waals surface area contributed by atoms with Crippen molar-refractivity contribution in [3.8, 4) is 17.3 Å². The van der Waals surface area contributed by atoms with E-state index in [1.54, 1.807) is 20.8 Å². The Labute approximate surface area is 222 Å². The molecule has 0 radical (unpaired) electrons. The number of aryl methyl sites for hydroxylation is 1. The van der Waals surface area contributed by atoms with Gasteiger partial charge in [0.2, 0.25) is 15.9 Å². The fourth-order valence-corrected chi connectivity index (χ4v) is 5.12. The zero-order valence-electron chi connectivity index (χ0n) is 22.5. The first kappa shape index (κ1) is 28.8. The highest BCUT2D eigenvalue weighted by Gasteiger charge is 2.29. The van der Waals surface area contributed by atoms with E-state index in [1.165, 1.54) is 10.7 Å². The van der Waals surface area contributed by atoms with Crippen LogP contribution in [0.25, 0.3) is 5.69 Å². The highest BCUT2D eigenvalue weighted by atomic mass is 32.2. The van der Waals surface area contributed by atoms with Crippen molar-refractivity contribution in [1.82, 2.24) is 19.8 Å². The third-order valence-electron chi connectivity index (χ3n) is 6.10. The molecule has 0 saturated heterocycles. The standard InChI is InChI=1S/C26H33N5O6S/c1-8-17(5)27-25(32)24-19(7)26(30(28-24)21-11-9-10-16(4)18(21)6)37-22-13-12-20(31(33)34)14-23(22)38(35,36)29-15(2)3/h9-15,17,29H,8H2,1-7H3,(H,27,32)/t17-/m1/s1. The second-order valence-corrected chi connectivity index (χ2v) is 11.1. The van der Waals surface area contributed by atoms with E-state index in [4.69, 9.17) is 4.74 Å². The molecule has 3 rings (SSSR count). The van der Waals surface area contributed by atoms with E-state index >= 15 is 0 Å². The summed E-state index contributed by atoms with van der Waals surface area (Å²) in [6, 6.07) is 8.36. The molecule has 12 heteroatoms. The van der Waals surface area contributed by atoms with E-state index < -0.39 is 37.5 Å². The number of nitrogens with zero attached hydrogens (tertiary/aromatic N) is 3. The number of benzene rings is 2. The second kappa shape index (κ2) is 11.3. The minimum Gasteiger partial charge on any atom is -0.437 e. The smallest absolute Gasteiger partial charge is 0.272 e. The number of carbonyl (C=O) groups excluding carboxylic acids is 1. The average molecular weight is 544 g/mol. The van der Waals surface area contributed by atoms with Gasteiger partial charge in [-0.15, -0.1) is 0 Å². The van der Waals surface area contributed by atoms with Crippen molar-refractivity contribution >= 4 is 21.6 Å². The number of sulfonamides is 1. The van der Waals surface area contributed by atoms with Crippen LogP contribution in [0.2, 0.25) is 0 Å². The third kappa shape index (κ3) is 6.03. The van der Waals surface area contributed by atoms with E-state index in [0.717, 1.165) is 29.7 Å². The summed E-state index contributed by atoms with van der Waals surface area (Å²) in [5, 5.41) is 18.9. The van der Waals surface area contributed by atoms with Gasteiger partial charge in [-0.1, -0.05) is 19.1 Å². The Balaban J connectivity index is 2.25. The molecule has 0 fully saturated rings. The first-order valence-corrected chi connectivity index (χ1v) is 13.7. The molecule has 0 unspecified atom stereocenters. The Morgan fingerprint density at radius 2 is 1.82 bits per heavy atom. The zero-order valence-corrected chi connectivity index (χ0v) is 23.3. The van der Waals surface area contributed by atoms with Gasteiger partial charge in [-0.25, -0.2) is 13.1 Å². The Morgan fingerprint density at radius 3 is 2.42 bits per heavy atom. The van der Waals surface area contributed by atoms with E-state index in [1.807, 2.05) is 45.9 Å². The van der Waals surface area contributed by atoms with Crippen LogP contribution >= 0.6 is 0 Å². The van der Waals surface area contributed by atoms with Crippen LogP contribution in [-0.4, -0.2) is 41.1 Å². The van der Waals surface area contributed by atoms with Gasteiger partial charge in [-0.2, -0.15) is 9.78 Å². The third-order valence-corrected chi connectivity index (χ3v) is 7.78. The number of hydrogen-bond donors (Lipinski definition) is 2. The van der Waals surface area contributed by atoms with E-state index in [2.05, 4.69) is 15.1 Å². The quantitative estimate of drug-likeness (QED) is 0.278. The molecule has 11 nitrogen and oxygen atoms in total. The molecule has 1 heterocycles. The molecule has 1 atom stereocenters. The van der Waals surface area contributed by atoms with Crippen molar-refractivity contribution < 1.29 is 22.9 Å². The molecule has 38 heavy (non-hydrogen) atoms. The van der Waals surface area contributed by atoms with Crippen molar-refractivity contribution in [2.45, 2.75) is 71.9 Å². The van der Waals surface area contributed by atoms with Crippen LogP contribution < -0.4 is 14.8 Å². The summed E-state index contributed by atoms with van der Waals surface area (Å²) in [6.45, 7) is 12.6. The second-order valence-electron chi connectivity index (χ2n) is 9.46. The maximum atomic E-state index is 13.1. The highest BCUT2D eigenvalue weighted by molar-refractivity contribution is 7.89. The number of hydrogen-bond acceptors (Lipinski definition) is 7. The Hall–Kier alpha value is -3.77. The first-order valence-electron chi connectivity index (χ1n) is 12.2. The van der Waals surface area contributed by atoms with Crippen LogP contribution in [-0.2, 0) is 10.0 Å². The molecular weight excluding hydrogens is 510 g/mol. The van der Waals surface area contributed by atoms with Crippen LogP contribution in [0, 0.1) is 30.9 Å². The van der Waals surface area contributed by atoms with Crippen LogP contribution in [0.3, 0.4) is 0 Å². The molecule has 0 bridgehead atoms. The predicted octanol–water partition coefficient (Wildman–Crippen LogP) is 4.71. The molecule has 2 N–H and O–H groups in total. The summed E-state index contributed by atoms with van der Waals surface area (Å²) in [6.07, 6.45) is 0.721. The SMILES string of the molecule is CC[C@@H](C)NC(=O)c1nn(-c2cccc(C)c2C)c(Oc2ccc([N+](=O)[O-])cc2S(=O)(=O)NC(C)C)c1C. The summed E-state index contributed by atoms with van der Waals surface area (Å²) in [5.74, 6) is -0.432. The summed E-state index contributed by atoms with van der Waals surface area (Å²) in [4.78, 5) is 23.4. The van der Waals surface area contributed by atoms with Crippen molar-refractivity contribution in [1.29, 1.82) is 0 Å². The topological polar surface area (TPSA) is 145 Å². The summed E-state index contributed by atoms with van der Waals surface area (Å²) < 4.78 is 36.3. The molecule has 1 aromatic heterocycles. The van der Waals surface area contributed by atoms with Gasteiger partial charge in [0.1, 0.15) is 10.6 Å². The van der Waals surface area contributed by atoms with Gasteiger partial charge in [0.05, 0.1) is 10.6 Å². The lowest BCUT2D eigenvalue weighted by atomic mass is 10.1. The van der Waals surface area contributed by atoms with Gasteiger partial charge < -0.3 is 10.1 Å². The van der Waals surface area contributed by atoms with Gasteiger partial charge in [-0.3, -0.25) is 14.9 Å². The molecule has 0 aliphatic carbocycles. The summed E-state index contributed by atoms with van der Waals surface area (Å²) in [5.41, 5.74) is 2.59. The fraction of sp³-hybridized carbons (Fsp3) is 0.385. The Kier molecular flexibility index (Phi) is 8.58. The van der Waals surface area contributed by atoms with Gasteiger partial charge in [-0.05, 0) is 71.2 Å². The predicted molar refractivity (Wildman–Crippen MR) is 144 cm³/mol. The lowest BCUT2D eigenvalue weighted by Crippen LogP contribution is -2.32. The van der Waals surface area contributed by atoms with Gasteiger partial charge in [0.15, 0.2) is 5.69 Å². The lowest BCUT2D eigenvalue weighted by Gasteiger charge is -2.16. The van der Waals surface area contributed by atoms with Crippen LogP contribution in [0.15, 0.2) is 41.3 Å². The Morgan fingerprint density at radius 1 is 1.13 bits per heavy atom. The van der Waals surface area contributed by atoms with Crippen LogP contribution in [0.1, 0.15) is 61.3 Å². The van der Waals surface area contributed by atoms with Crippen LogP contribution in [0.4, 0.5) is 5.69 Å². The number of carbonyl (C=O) groups is 1. The van der Waals surface area contributed by atoms with Gasteiger partial charge >= 0.3 is 0 Å². The number of nitro groups is 1. The average Bonchev–Trinajstić information content (AvgIpc) is 3.15. The number of aromatic nitrogens is 2. The maximum absolute atomic E-state index is 13.1. The summed E-state index contributed by atoms with van der Waals surface area (Å²) in [7, 11) is -4.19. The van der Waals surface area contributed by atoms with Crippen molar-refractivity contribution in [2.24, 2.45) is 0 Å². The first-order chi connectivity index (χ1) is 17.8. The fourth-order valence-electron chi connectivity index (χ4n) is 3.72.